The Labute approximate surface area is 115 Å². The molecule has 4 heteroatoms. The van der Waals surface area contributed by atoms with Gasteiger partial charge in [0.25, 0.3) is 0 Å². The lowest BCUT2D eigenvalue weighted by atomic mass is 9.97. The first-order chi connectivity index (χ1) is 9.17. The second-order valence-corrected chi connectivity index (χ2v) is 4.30. The van der Waals surface area contributed by atoms with Crippen molar-refractivity contribution in [3.05, 3.63) is 58.6 Å². The van der Waals surface area contributed by atoms with Gasteiger partial charge in [0.1, 0.15) is 6.29 Å². The third kappa shape index (κ3) is 2.66. The van der Waals surface area contributed by atoms with Crippen LogP contribution in [0.2, 0.25) is 5.02 Å². The number of esters is 1. The molecule has 0 bridgehead atoms. The van der Waals surface area contributed by atoms with Crippen molar-refractivity contribution < 1.29 is 14.3 Å². The van der Waals surface area contributed by atoms with Crippen molar-refractivity contribution in [1.82, 2.24) is 0 Å². The van der Waals surface area contributed by atoms with E-state index in [2.05, 4.69) is 0 Å². The van der Waals surface area contributed by atoms with Crippen molar-refractivity contribution >= 4 is 23.9 Å². The maximum atomic E-state index is 11.8. The number of benzene rings is 2. The van der Waals surface area contributed by atoms with Crippen LogP contribution in [0.1, 0.15) is 20.7 Å². The van der Waals surface area contributed by atoms with Crippen LogP contribution in [0.15, 0.2) is 42.5 Å². The second-order valence-electron chi connectivity index (χ2n) is 3.89. The molecule has 0 saturated heterocycles. The molecule has 2 rings (SSSR count). The van der Waals surface area contributed by atoms with Gasteiger partial charge in [0.15, 0.2) is 0 Å². The van der Waals surface area contributed by atoms with Gasteiger partial charge in [-0.25, -0.2) is 4.79 Å². The summed E-state index contributed by atoms with van der Waals surface area (Å²) in [5, 5.41) is 0.510. The lowest BCUT2D eigenvalue weighted by molar-refractivity contribution is 0.0601. The molecule has 0 N–H and O–H groups in total. The second kappa shape index (κ2) is 5.67. The van der Waals surface area contributed by atoms with Gasteiger partial charge in [0.05, 0.1) is 12.7 Å². The number of ether oxygens (including phenoxy) is 1. The maximum Gasteiger partial charge on any atom is 0.338 e. The highest BCUT2D eigenvalue weighted by molar-refractivity contribution is 6.33. The molecule has 0 spiro atoms. The average Bonchev–Trinajstić information content (AvgIpc) is 2.46. The molecule has 0 aliphatic heterocycles. The average molecular weight is 275 g/mol. The number of carbonyl (C=O) groups is 2. The fourth-order valence-electron chi connectivity index (χ4n) is 1.83. The molecule has 2 aromatic rings. The number of halogens is 1. The molecule has 0 heterocycles. The summed E-state index contributed by atoms with van der Waals surface area (Å²) in [6.45, 7) is 0. The number of hydrogen-bond acceptors (Lipinski definition) is 3. The highest BCUT2D eigenvalue weighted by Crippen LogP contribution is 2.31. The van der Waals surface area contributed by atoms with Gasteiger partial charge < -0.3 is 4.74 Å². The molecule has 0 saturated carbocycles. The van der Waals surface area contributed by atoms with Gasteiger partial charge in [-0.2, -0.15) is 0 Å². The zero-order chi connectivity index (χ0) is 13.8. The Balaban J connectivity index is 2.68. The predicted molar refractivity (Wildman–Crippen MR) is 73.6 cm³/mol. The normalized spacial score (nSPS) is 10.0. The van der Waals surface area contributed by atoms with Crippen LogP contribution in [0.3, 0.4) is 0 Å². The van der Waals surface area contributed by atoms with Crippen molar-refractivity contribution in [3.8, 4) is 11.1 Å². The van der Waals surface area contributed by atoms with Crippen molar-refractivity contribution in [1.29, 1.82) is 0 Å². The Hall–Kier alpha value is -2.13. The van der Waals surface area contributed by atoms with Crippen LogP contribution in [0.4, 0.5) is 0 Å². The molecule has 0 unspecified atom stereocenters. The van der Waals surface area contributed by atoms with Gasteiger partial charge in [-0.15, -0.1) is 0 Å². The topological polar surface area (TPSA) is 43.4 Å². The third-order valence-corrected chi connectivity index (χ3v) is 3.08. The molecular formula is C15H11ClO3. The zero-order valence-corrected chi connectivity index (χ0v) is 11.0. The summed E-state index contributed by atoms with van der Waals surface area (Å²) >= 11 is 6.13. The van der Waals surface area contributed by atoms with Crippen LogP contribution >= 0.6 is 11.6 Å². The molecule has 0 fully saturated rings. The van der Waals surface area contributed by atoms with Crippen LogP contribution in [-0.4, -0.2) is 19.4 Å². The first-order valence-electron chi connectivity index (χ1n) is 5.60. The highest BCUT2D eigenvalue weighted by atomic mass is 35.5. The summed E-state index contributed by atoms with van der Waals surface area (Å²) in [5.74, 6) is -0.465. The Morgan fingerprint density at radius 3 is 2.53 bits per heavy atom. The fourth-order valence-corrected chi connectivity index (χ4v) is 2.06. The smallest absolute Gasteiger partial charge is 0.338 e. The van der Waals surface area contributed by atoms with Crippen LogP contribution in [0, 0.1) is 0 Å². The molecule has 2 aromatic carbocycles. The van der Waals surface area contributed by atoms with Crippen molar-refractivity contribution in [3.63, 3.8) is 0 Å². The van der Waals surface area contributed by atoms with E-state index in [1.807, 2.05) is 6.07 Å². The Morgan fingerprint density at radius 2 is 1.89 bits per heavy atom. The van der Waals surface area contributed by atoms with Crippen LogP contribution in [0.25, 0.3) is 11.1 Å². The Bertz CT molecular complexity index is 635. The summed E-state index contributed by atoms with van der Waals surface area (Å²) in [6.07, 6.45) is 0.724. The fraction of sp³-hybridized carbons (Fsp3) is 0.0667. The van der Waals surface area contributed by atoms with E-state index in [-0.39, 0.29) is 0 Å². The third-order valence-electron chi connectivity index (χ3n) is 2.75. The van der Waals surface area contributed by atoms with Gasteiger partial charge in [0.2, 0.25) is 0 Å². The first kappa shape index (κ1) is 13.3. The zero-order valence-electron chi connectivity index (χ0n) is 10.2. The van der Waals surface area contributed by atoms with Crippen LogP contribution < -0.4 is 0 Å². The minimum Gasteiger partial charge on any atom is -0.465 e. The molecule has 96 valence electrons. The largest absolute Gasteiger partial charge is 0.465 e. The molecule has 0 radical (unpaired) electrons. The molecule has 0 aliphatic rings. The van der Waals surface area contributed by atoms with E-state index in [0.29, 0.717) is 27.3 Å². The number of rotatable bonds is 3. The summed E-state index contributed by atoms with van der Waals surface area (Å²) in [4.78, 5) is 22.6. The Morgan fingerprint density at radius 1 is 1.16 bits per heavy atom. The SMILES string of the molecule is COC(=O)c1ccc(C=O)cc1-c1ccccc1Cl. The summed E-state index contributed by atoms with van der Waals surface area (Å²) in [7, 11) is 1.31. The molecule has 0 aliphatic carbocycles. The molecular weight excluding hydrogens is 264 g/mol. The van der Waals surface area contributed by atoms with Gasteiger partial charge in [-0.05, 0) is 23.8 Å². The van der Waals surface area contributed by atoms with E-state index >= 15 is 0 Å². The minimum atomic E-state index is -0.465. The number of carbonyl (C=O) groups excluding carboxylic acids is 2. The lowest BCUT2D eigenvalue weighted by Gasteiger charge is -2.10. The van der Waals surface area contributed by atoms with E-state index in [9.17, 15) is 9.59 Å². The molecule has 0 atom stereocenters. The van der Waals surface area contributed by atoms with E-state index in [1.54, 1.807) is 36.4 Å². The highest BCUT2D eigenvalue weighted by Gasteiger charge is 2.15. The first-order valence-corrected chi connectivity index (χ1v) is 5.97. The minimum absolute atomic E-state index is 0.376. The number of methoxy groups -OCH3 is 1. The van der Waals surface area contributed by atoms with Gasteiger partial charge >= 0.3 is 5.97 Å². The van der Waals surface area contributed by atoms with Crippen LogP contribution in [0.5, 0.6) is 0 Å². The Kier molecular flexibility index (Phi) is 3.97. The standard InChI is InChI=1S/C15H11ClO3/c1-19-15(18)12-7-6-10(9-17)8-13(12)11-4-2-3-5-14(11)16/h2-9H,1H3. The van der Waals surface area contributed by atoms with Crippen molar-refractivity contribution in [2.24, 2.45) is 0 Å². The quantitative estimate of drug-likeness (QED) is 0.634. The van der Waals surface area contributed by atoms with E-state index in [0.717, 1.165) is 6.29 Å². The van der Waals surface area contributed by atoms with Gasteiger partial charge in [0, 0.05) is 16.1 Å². The van der Waals surface area contributed by atoms with E-state index in [1.165, 1.54) is 7.11 Å². The monoisotopic (exact) mass is 274 g/mol. The predicted octanol–water partition coefficient (Wildman–Crippen LogP) is 3.61. The van der Waals surface area contributed by atoms with E-state index in [4.69, 9.17) is 16.3 Å². The molecule has 3 nitrogen and oxygen atoms in total. The summed E-state index contributed by atoms with van der Waals surface area (Å²) in [6, 6.07) is 11.9. The van der Waals surface area contributed by atoms with Crippen molar-refractivity contribution in [2.45, 2.75) is 0 Å². The van der Waals surface area contributed by atoms with Crippen molar-refractivity contribution in [2.75, 3.05) is 7.11 Å². The molecule has 0 amide bonds. The van der Waals surface area contributed by atoms with Gasteiger partial charge in [-0.1, -0.05) is 35.9 Å². The molecule has 19 heavy (non-hydrogen) atoms. The number of aldehydes is 1. The lowest BCUT2D eigenvalue weighted by Crippen LogP contribution is -2.04. The number of hydrogen-bond donors (Lipinski definition) is 0. The summed E-state index contributed by atoms with van der Waals surface area (Å²) < 4.78 is 4.74. The van der Waals surface area contributed by atoms with Crippen LogP contribution in [-0.2, 0) is 4.74 Å². The molecule has 0 aromatic heterocycles. The van der Waals surface area contributed by atoms with Gasteiger partial charge in [-0.3, -0.25) is 4.79 Å². The van der Waals surface area contributed by atoms with E-state index < -0.39 is 5.97 Å². The summed E-state index contributed by atoms with van der Waals surface area (Å²) in [5.41, 5.74) is 2.12. The maximum absolute atomic E-state index is 11.8.